The summed E-state index contributed by atoms with van der Waals surface area (Å²) in [4.78, 5) is 28.7. The van der Waals surface area contributed by atoms with Gasteiger partial charge >= 0.3 is 6.03 Å². The average molecular weight is 329 g/mol. The lowest BCUT2D eigenvalue weighted by molar-refractivity contribution is -0.126. The molecule has 1 aromatic rings. The van der Waals surface area contributed by atoms with E-state index in [9.17, 15) is 9.59 Å². The molecule has 0 saturated carbocycles. The van der Waals surface area contributed by atoms with Crippen LogP contribution in [0.5, 0.6) is 0 Å². The normalized spacial score (nSPS) is 20.9. The van der Waals surface area contributed by atoms with E-state index in [1.54, 1.807) is 0 Å². The fourth-order valence-electron chi connectivity index (χ4n) is 3.59. The van der Waals surface area contributed by atoms with E-state index in [2.05, 4.69) is 17.4 Å². The molecule has 2 aliphatic heterocycles. The predicted molar refractivity (Wildman–Crippen MR) is 93.7 cm³/mol. The number of carbonyl (C=O) groups excluding carboxylic acids is 2. The summed E-state index contributed by atoms with van der Waals surface area (Å²) in [6.07, 6.45) is 4.83. The van der Waals surface area contributed by atoms with E-state index < -0.39 is 0 Å². The molecule has 2 saturated heterocycles. The Hall–Kier alpha value is -2.04. The molecule has 0 unspecified atom stereocenters. The standard InChI is InChI=1S/C19H27N3O2/c23-18(20-11-10-16-7-2-1-3-8-16)17-9-6-14-22(15-17)19(24)21-12-4-5-13-21/h1-3,7-8,17H,4-6,9-15H2,(H,20,23)/t17-/m1/s1. The number of nitrogens with one attached hydrogen (secondary N) is 1. The minimum absolute atomic E-state index is 0.0684. The summed E-state index contributed by atoms with van der Waals surface area (Å²) in [6.45, 7) is 3.72. The quantitative estimate of drug-likeness (QED) is 0.921. The first kappa shape index (κ1) is 16.8. The van der Waals surface area contributed by atoms with Gasteiger partial charge in [-0.1, -0.05) is 30.3 Å². The van der Waals surface area contributed by atoms with Crippen molar-refractivity contribution in [2.45, 2.75) is 32.1 Å². The summed E-state index contributed by atoms with van der Waals surface area (Å²) >= 11 is 0. The lowest BCUT2D eigenvalue weighted by Gasteiger charge is -2.34. The topological polar surface area (TPSA) is 52.7 Å². The van der Waals surface area contributed by atoms with Gasteiger partial charge in [-0.15, -0.1) is 0 Å². The van der Waals surface area contributed by atoms with Crippen LogP contribution < -0.4 is 5.32 Å². The Labute approximate surface area is 144 Å². The number of nitrogens with zero attached hydrogens (tertiary/aromatic N) is 2. The Kier molecular flexibility index (Phi) is 5.72. The molecule has 0 spiro atoms. The van der Waals surface area contributed by atoms with Crippen molar-refractivity contribution < 1.29 is 9.59 Å². The third-order valence-electron chi connectivity index (χ3n) is 5.00. The molecular weight excluding hydrogens is 302 g/mol. The largest absolute Gasteiger partial charge is 0.355 e. The first-order chi connectivity index (χ1) is 11.7. The van der Waals surface area contributed by atoms with Gasteiger partial charge in [-0.3, -0.25) is 4.79 Å². The van der Waals surface area contributed by atoms with Gasteiger partial charge in [0.15, 0.2) is 0 Å². The molecule has 2 heterocycles. The first-order valence-corrected chi connectivity index (χ1v) is 9.09. The van der Waals surface area contributed by atoms with Gasteiger partial charge in [-0.25, -0.2) is 4.79 Å². The zero-order valence-corrected chi connectivity index (χ0v) is 14.2. The van der Waals surface area contributed by atoms with Gasteiger partial charge in [0.25, 0.3) is 0 Å². The van der Waals surface area contributed by atoms with Crippen molar-refractivity contribution in [1.82, 2.24) is 15.1 Å². The molecule has 0 aliphatic carbocycles. The van der Waals surface area contributed by atoms with Gasteiger partial charge < -0.3 is 15.1 Å². The maximum Gasteiger partial charge on any atom is 0.320 e. The molecule has 0 radical (unpaired) electrons. The number of hydrogen-bond acceptors (Lipinski definition) is 2. The van der Waals surface area contributed by atoms with Crippen LogP contribution in [0, 0.1) is 5.92 Å². The maximum absolute atomic E-state index is 12.5. The van der Waals surface area contributed by atoms with E-state index in [0.717, 1.165) is 51.7 Å². The van der Waals surface area contributed by atoms with Crippen LogP contribution in [0.25, 0.3) is 0 Å². The average Bonchev–Trinajstić information content (AvgIpc) is 3.16. The number of piperidine rings is 1. The molecule has 5 nitrogen and oxygen atoms in total. The summed E-state index contributed by atoms with van der Waals surface area (Å²) in [5.74, 6) is 0.0194. The highest BCUT2D eigenvalue weighted by Crippen LogP contribution is 2.20. The molecular formula is C19H27N3O2. The van der Waals surface area contributed by atoms with Gasteiger partial charge in [0.2, 0.25) is 5.91 Å². The van der Waals surface area contributed by atoms with Crippen molar-refractivity contribution in [3.8, 4) is 0 Å². The van der Waals surface area contributed by atoms with E-state index in [0.29, 0.717) is 13.1 Å². The van der Waals surface area contributed by atoms with Crippen LogP contribution in [0.2, 0.25) is 0 Å². The third kappa shape index (κ3) is 4.28. The lowest BCUT2D eigenvalue weighted by Crippen LogP contribution is -2.49. The van der Waals surface area contributed by atoms with Crippen LogP contribution in [0.3, 0.4) is 0 Å². The lowest BCUT2D eigenvalue weighted by atomic mass is 9.97. The van der Waals surface area contributed by atoms with E-state index >= 15 is 0 Å². The summed E-state index contributed by atoms with van der Waals surface area (Å²) in [5.41, 5.74) is 1.23. The second-order valence-corrected chi connectivity index (χ2v) is 6.79. The van der Waals surface area contributed by atoms with Crippen molar-refractivity contribution >= 4 is 11.9 Å². The second kappa shape index (κ2) is 8.18. The van der Waals surface area contributed by atoms with Crippen LogP contribution in [0.1, 0.15) is 31.2 Å². The number of amides is 3. The highest BCUT2D eigenvalue weighted by atomic mass is 16.2. The zero-order chi connectivity index (χ0) is 16.8. The number of rotatable bonds is 4. The van der Waals surface area contributed by atoms with Crippen LogP contribution in [-0.2, 0) is 11.2 Å². The van der Waals surface area contributed by atoms with E-state index in [4.69, 9.17) is 0 Å². The SMILES string of the molecule is O=C(NCCc1ccccc1)[C@@H]1CCCN(C(=O)N2CCCC2)C1. The van der Waals surface area contributed by atoms with Crippen molar-refractivity contribution in [2.24, 2.45) is 5.92 Å². The molecule has 1 aromatic carbocycles. The Morgan fingerprint density at radius 1 is 1.00 bits per heavy atom. The summed E-state index contributed by atoms with van der Waals surface area (Å²) in [6, 6.07) is 10.3. The Balaban J connectivity index is 1.45. The molecule has 24 heavy (non-hydrogen) atoms. The Bertz CT molecular complexity index is 555. The Morgan fingerprint density at radius 2 is 1.71 bits per heavy atom. The van der Waals surface area contributed by atoms with E-state index in [-0.39, 0.29) is 17.9 Å². The summed E-state index contributed by atoms with van der Waals surface area (Å²) in [7, 11) is 0. The highest BCUT2D eigenvalue weighted by molar-refractivity contribution is 5.81. The highest BCUT2D eigenvalue weighted by Gasteiger charge is 2.31. The van der Waals surface area contributed by atoms with Gasteiger partial charge in [-0.2, -0.15) is 0 Å². The van der Waals surface area contributed by atoms with Crippen LogP contribution in [-0.4, -0.2) is 54.5 Å². The predicted octanol–water partition coefficient (Wildman–Crippen LogP) is 2.27. The molecule has 0 aromatic heterocycles. The van der Waals surface area contributed by atoms with E-state index in [1.165, 1.54) is 5.56 Å². The fourth-order valence-corrected chi connectivity index (χ4v) is 3.59. The minimum Gasteiger partial charge on any atom is -0.355 e. The number of benzene rings is 1. The molecule has 5 heteroatoms. The fraction of sp³-hybridized carbons (Fsp3) is 0.579. The second-order valence-electron chi connectivity index (χ2n) is 6.79. The molecule has 3 rings (SSSR count). The number of urea groups is 1. The summed E-state index contributed by atoms with van der Waals surface area (Å²) in [5, 5.41) is 3.04. The van der Waals surface area contributed by atoms with Gasteiger partial charge in [0.1, 0.15) is 0 Å². The zero-order valence-electron chi connectivity index (χ0n) is 14.2. The molecule has 0 bridgehead atoms. The smallest absolute Gasteiger partial charge is 0.320 e. The van der Waals surface area contributed by atoms with Crippen LogP contribution in [0.4, 0.5) is 4.79 Å². The van der Waals surface area contributed by atoms with Crippen molar-refractivity contribution in [1.29, 1.82) is 0 Å². The molecule has 3 amide bonds. The van der Waals surface area contributed by atoms with Crippen LogP contribution in [0.15, 0.2) is 30.3 Å². The van der Waals surface area contributed by atoms with Crippen molar-refractivity contribution in [3.63, 3.8) is 0 Å². The molecule has 1 atom stereocenters. The molecule has 1 N–H and O–H groups in total. The maximum atomic E-state index is 12.5. The minimum atomic E-state index is -0.0684. The number of carbonyl (C=O) groups is 2. The first-order valence-electron chi connectivity index (χ1n) is 9.09. The van der Waals surface area contributed by atoms with Crippen LogP contribution >= 0.6 is 0 Å². The molecule has 2 aliphatic rings. The Morgan fingerprint density at radius 3 is 2.46 bits per heavy atom. The number of hydrogen-bond donors (Lipinski definition) is 1. The number of likely N-dealkylation sites (tertiary alicyclic amines) is 2. The molecule has 2 fully saturated rings. The van der Waals surface area contributed by atoms with Gasteiger partial charge in [0.05, 0.1) is 5.92 Å². The third-order valence-corrected chi connectivity index (χ3v) is 5.00. The van der Waals surface area contributed by atoms with E-state index in [1.807, 2.05) is 28.0 Å². The monoisotopic (exact) mass is 329 g/mol. The van der Waals surface area contributed by atoms with Gasteiger partial charge in [-0.05, 0) is 37.7 Å². The van der Waals surface area contributed by atoms with Crippen molar-refractivity contribution in [2.75, 3.05) is 32.7 Å². The van der Waals surface area contributed by atoms with Crippen molar-refractivity contribution in [3.05, 3.63) is 35.9 Å². The molecule has 130 valence electrons. The van der Waals surface area contributed by atoms with Gasteiger partial charge in [0, 0.05) is 32.7 Å². The summed E-state index contributed by atoms with van der Waals surface area (Å²) < 4.78 is 0.